The zero-order chi connectivity index (χ0) is 9.64. The van der Waals surface area contributed by atoms with Crippen molar-refractivity contribution < 1.29 is 0 Å². The van der Waals surface area contributed by atoms with Crippen LogP contribution in [0.3, 0.4) is 0 Å². The second-order valence-electron chi connectivity index (χ2n) is 3.67. The molecule has 0 spiro atoms. The zero-order valence-corrected chi connectivity index (χ0v) is 8.24. The van der Waals surface area contributed by atoms with Crippen LogP contribution < -0.4 is 10.6 Å². The Kier molecular flexibility index (Phi) is 3.29. The highest BCUT2D eigenvalue weighted by Crippen LogP contribution is 2.09. The molecule has 0 unspecified atom stereocenters. The van der Waals surface area contributed by atoms with Crippen LogP contribution in [0.2, 0.25) is 0 Å². The van der Waals surface area contributed by atoms with Crippen LogP contribution in [0.5, 0.6) is 0 Å². The van der Waals surface area contributed by atoms with E-state index in [1.807, 2.05) is 6.07 Å². The molecule has 0 bridgehead atoms. The molecule has 1 aliphatic rings. The van der Waals surface area contributed by atoms with Gasteiger partial charge >= 0.3 is 0 Å². The summed E-state index contributed by atoms with van der Waals surface area (Å²) in [5.41, 5.74) is 0. The molecular formula is C10H16N4. The number of nitrogens with zero attached hydrogens (tertiary/aromatic N) is 2. The van der Waals surface area contributed by atoms with Gasteiger partial charge in [-0.3, -0.25) is 0 Å². The number of hydrogen-bond donors (Lipinski definition) is 2. The van der Waals surface area contributed by atoms with Crippen LogP contribution in [0.25, 0.3) is 0 Å². The summed E-state index contributed by atoms with van der Waals surface area (Å²) in [6.45, 7) is 3.25. The molecule has 1 aliphatic heterocycles. The maximum absolute atomic E-state index is 4.12. The molecule has 1 atom stereocenters. The standard InChI is InChI=1S/C10H16N4/c1-3-9(7-11-4-1)8-14-10-12-5-2-6-13-10/h2,5-6,9,11H,1,3-4,7-8H2,(H,12,13,14)/t9-/m1/s1. The molecule has 76 valence electrons. The molecule has 1 fully saturated rings. The van der Waals surface area contributed by atoms with Gasteiger partial charge in [-0.2, -0.15) is 0 Å². The van der Waals surface area contributed by atoms with Crippen LogP contribution >= 0.6 is 0 Å². The fourth-order valence-electron chi connectivity index (χ4n) is 1.72. The van der Waals surface area contributed by atoms with E-state index in [0.29, 0.717) is 5.92 Å². The summed E-state index contributed by atoms with van der Waals surface area (Å²) in [6.07, 6.45) is 6.09. The first-order valence-electron chi connectivity index (χ1n) is 5.17. The third-order valence-electron chi connectivity index (χ3n) is 2.51. The van der Waals surface area contributed by atoms with Crippen molar-refractivity contribution in [3.63, 3.8) is 0 Å². The first-order chi connectivity index (χ1) is 6.95. The fraction of sp³-hybridized carbons (Fsp3) is 0.600. The summed E-state index contributed by atoms with van der Waals surface area (Å²) in [6, 6.07) is 1.83. The summed E-state index contributed by atoms with van der Waals surface area (Å²) >= 11 is 0. The van der Waals surface area contributed by atoms with Gasteiger partial charge in [-0.15, -0.1) is 0 Å². The van der Waals surface area contributed by atoms with Gasteiger partial charge < -0.3 is 10.6 Å². The molecule has 1 aromatic rings. The lowest BCUT2D eigenvalue weighted by Gasteiger charge is -2.22. The molecule has 0 amide bonds. The highest BCUT2D eigenvalue weighted by molar-refractivity contribution is 5.21. The molecule has 1 saturated heterocycles. The average molecular weight is 192 g/mol. The van der Waals surface area contributed by atoms with E-state index in [1.165, 1.54) is 19.4 Å². The SMILES string of the molecule is c1cnc(NC[C@@H]2CCCNC2)nc1. The van der Waals surface area contributed by atoms with Crippen LogP contribution in [-0.2, 0) is 0 Å². The largest absolute Gasteiger partial charge is 0.354 e. The van der Waals surface area contributed by atoms with Crippen LogP contribution in [0.15, 0.2) is 18.5 Å². The normalized spacial score (nSPS) is 21.9. The van der Waals surface area contributed by atoms with Crippen LogP contribution in [0.4, 0.5) is 5.95 Å². The van der Waals surface area contributed by atoms with Gasteiger partial charge in [-0.25, -0.2) is 9.97 Å². The predicted octanol–water partition coefficient (Wildman–Crippen LogP) is 0.888. The van der Waals surface area contributed by atoms with Gasteiger partial charge in [0.05, 0.1) is 0 Å². The van der Waals surface area contributed by atoms with Crippen LogP contribution in [0.1, 0.15) is 12.8 Å². The minimum Gasteiger partial charge on any atom is -0.354 e. The Morgan fingerprint density at radius 3 is 3.00 bits per heavy atom. The van der Waals surface area contributed by atoms with E-state index in [1.54, 1.807) is 12.4 Å². The van der Waals surface area contributed by atoms with Crippen molar-refractivity contribution in [1.82, 2.24) is 15.3 Å². The van der Waals surface area contributed by atoms with Crippen molar-refractivity contribution in [1.29, 1.82) is 0 Å². The van der Waals surface area contributed by atoms with Gasteiger partial charge in [0, 0.05) is 18.9 Å². The molecule has 0 aromatic carbocycles. The molecule has 2 N–H and O–H groups in total. The van der Waals surface area contributed by atoms with E-state index >= 15 is 0 Å². The lowest BCUT2D eigenvalue weighted by Crippen LogP contribution is -2.33. The third-order valence-corrected chi connectivity index (χ3v) is 2.51. The molecule has 0 saturated carbocycles. The minimum absolute atomic E-state index is 0.715. The van der Waals surface area contributed by atoms with Crippen LogP contribution in [-0.4, -0.2) is 29.6 Å². The highest BCUT2D eigenvalue weighted by atomic mass is 15.1. The van der Waals surface area contributed by atoms with Crippen molar-refractivity contribution in [2.24, 2.45) is 5.92 Å². The molecule has 2 heterocycles. The lowest BCUT2D eigenvalue weighted by molar-refractivity contribution is 0.392. The number of piperidine rings is 1. The quantitative estimate of drug-likeness (QED) is 0.746. The van der Waals surface area contributed by atoms with E-state index in [2.05, 4.69) is 20.6 Å². The third kappa shape index (κ3) is 2.67. The van der Waals surface area contributed by atoms with E-state index in [0.717, 1.165) is 19.0 Å². The second-order valence-corrected chi connectivity index (χ2v) is 3.67. The summed E-state index contributed by atoms with van der Waals surface area (Å²) in [5, 5.41) is 6.64. The number of aromatic nitrogens is 2. The van der Waals surface area contributed by atoms with Crippen molar-refractivity contribution in [3.05, 3.63) is 18.5 Å². The molecule has 4 nitrogen and oxygen atoms in total. The Morgan fingerprint density at radius 2 is 2.29 bits per heavy atom. The van der Waals surface area contributed by atoms with Crippen molar-refractivity contribution in [3.8, 4) is 0 Å². The van der Waals surface area contributed by atoms with Crippen molar-refractivity contribution in [2.75, 3.05) is 25.0 Å². The Morgan fingerprint density at radius 1 is 1.43 bits per heavy atom. The first kappa shape index (κ1) is 9.40. The molecular weight excluding hydrogens is 176 g/mol. The summed E-state index contributed by atoms with van der Waals surface area (Å²) in [5.74, 6) is 1.45. The maximum atomic E-state index is 4.12. The molecule has 0 radical (unpaired) electrons. The maximum Gasteiger partial charge on any atom is 0.222 e. The van der Waals surface area contributed by atoms with Crippen molar-refractivity contribution in [2.45, 2.75) is 12.8 Å². The van der Waals surface area contributed by atoms with Crippen LogP contribution in [0, 0.1) is 5.92 Å². The Hall–Kier alpha value is -1.16. The fourth-order valence-corrected chi connectivity index (χ4v) is 1.72. The minimum atomic E-state index is 0.715. The molecule has 2 rings (SSSR count). The van der Waals surface area contributed by atoms with E-state index in [-0.39, 0.29) is 0 Å². The smallest absolute Gasteiger partial charge is 0.222 e. The number of nitrogens with one attached hydrogen (secondary N) is 2. The van der Waals surface area contributed by atoms with Gasteiger partial charge in [0.1, 0.15) is 0 Å². The number of hydrogen-bond acceptors (Lipinski definition) is 4. The van der Waals surface area contributed by atoms with Gasteiger partial charge in [0.15, 0.2) is 0 Å². The molecule has 14 heavy (non-hydrogen) atoms. The predicted molar refractivity (Wildman–Crippen MR) is 56.1 cm³/mol. The highest BCUT2D eigenvalue weighted by Gasteiger charge is 2.12. The van der Waals surface area contributed by atoms with Gasteiger partial charge in [0.2, 0.25) is 5.95 Å². The van der Waals surface area contributed by atoms with E-state index in [9.17, 15) is 0 Å². The Balaban J connectivity index is 1.76. The average Bonchev–Trinajstić information content (AvgIpc) is 2.29. The molecule has 4 heteroatoms. The monoisotopic (exact) mass is 192 g/mol. The van der Waals surface area contributed by atoms with E-state index < -0.39 is 0 Å². The number of rotatable bonds is 3. The van der Waals surface area contributed by atoms with Crippen molar-refractivity contribution >= 4 is 5.95 Å². The Labute approximate surface area is 84.2 Å². The zero-order valence-electron chi connectivity index (χ0n) is 8.24. The topological polar surface area (TPSA) is 49.8 Å². The number of anilines is 1. The second kappa shape index (κ2) is 4.91. The first-order valence-corrected chi connectivity index (χ1v) is 5.17. The Bertz CT molecular complexity index is 256. The summed E-state index contributed by atoms with van der Waals surface area (Å²) in [7, 11) is 0. The lowest BCUT2D eigenvalue weighted by atomic mass is 10.00. The van der Waals surface area contributed by atoms with E-state index in [4.69, 9.17) is 0 Å². The summed E-state index contributed by atoms with van der Waals surface area (Å²) in [4.78, 5) is 8.24. The van der Waals surface area contributed by atoms with Gasteiger partial charge in [0.25, 0.3) is 0 Å². The molecule has 0 aliphatic carbocycles. The summed E-state index contributed by atoms with van der Waals surface area (Å²) < 4.78 is 0. The van der Waals surface area contributed by atoms with Gasteiger partial charge in [-0.05, 0) is 37.9 Å². The van der Waals surface area contributed by atoms with Gasteiger partial charge in [-0.1, -0.05) is 0 Å². The molecule has 1 aromatic heterocycles.